The number of fused-ring (bicyclic) bond motifs is 1. The molecule has 1 atom stereocenters. The minimum Gasteiger partial charge on any atom is -0.486 e. The summed E-state index contributed by atoms with van der Waals surface area (Å²) in [7, 11) is 0. The summed E-state index contributed by atoms with van der Waals surface area (Å²) in [4.78, 5) is 2.09. The van der Waals surface area contributed by atoms with Crippen molar-refractivity contribution >= 4 is 0 Å². The molecule has 0 spiro atoms. The molecule has 2 heterocycles. The third kappa shape index (κ3) is 3.78. The molecule has 1 saturated heterocycles. The fourth-order valence-electron chi connectivity index (χ4n) is 3.83. The van der Waals surface area contributed by atoms with E-state index in [1.54, 1.807) is 18.2 Å². The number of piperidine rings is 1. The number of likely N-dealkylation sites (tertiary alicyclic amines) is 1. The second-order valence-electron chi connectivity index (χ2n) is 7.23. The summed E-state index contributed by atoms with van der Waals surface area (Å²) in [5.41, 5.74) is -0.0183. The van der Waals surface area contributed by atoms with Gasteiger partial charge in [-0.1, -0.05) is 24.3 Å². The fraction of sp³-hybridized carbons (Fsp3) is 0.429. The zero-order valence-corrected chi connectivity index (χ0v) is 15.1. The molecule has 0 aromatic heterocycles. The Balaban J connectivity index is 1.38. The van der Waals surface area contributed by atoms with Gasteiger partial charge in [-0.15, -0.1) is 0 Å². The third-order valence-corrected chi connectivity index (χ3v) is 5.44. The molecule has 27 heavy (non-hydrogen) atoms. The van der Waals surface area contributed by atoms with Gasteiger partial charge in [0.2, 0.25) is 0 Å². The summed E-state index contributed by atoms with van der Waals surface area (Å²) in [5.74, 6) is 0.986. The van der Waals surface area contributed by atoms with E-state index in [1.165, 1.54) is 6.07 Å². The molecule has 0 aliphatic carbocycles. The van der Waals surface area contributed by atoms with Gasteiger partial charge in [0.25, 0.3) is 0 Å². The smallest absolute Gasteiger partial charge is 0.161 e. The van der Waals surface area contributed by atoms with Gasteiger partial charge >= 0.3 is 0 Å². The Labute approximate surface area is 158 Å². The van der Waals surface area contributed by atoms with E-state index in [1.807, 2.05) is 18.2 Å². The van der Waals surface area contributed by atoms with E-state index in [2.05, 4.69) is 4.90 Å². The zero-order chi connectivity index (χ0) is 18.9. The maximum atomic E-state index is 14.1. The van der Waals surface area contributed by atoms with Crippen LogP contribution in [0.1, 0.15) is 30.1 Å². The fourth-order valence-corrected chi connectivity index (χ4v) is 3.83. The minimum atomic E-state index is -1.15. The van der Waals surface area contributed by atoms with Crippen molar-refractivity contribution in [1.82, 2.24) is 4.90 Å². The molecule has 2 aromatic rings. The number of rotatable bonds is 4. The highest BCUT2D eigenvalue weighted by molar-refractivity contribution is 5.44. The topological polar surface area (TPSA) is 62.2 Å². The highest BCUT2D eigenvalue weighted by atomic mass is 19.1. The van der Waals surface area contributed by atoms with Crippen LogP contribution in [-0.4, -0.2) is 48.0 Å². The van der Waals surface area contributed by atoms with E-state index in [0.717, 1.165) is 5.56 Å². The van der Waals surface area contributed by atoms with Gasteiger partial charge in [0.1, 0.15) is 19.0 Å². The average molecular weight is 373 g/mol. The van der Waals surface area contributed by atoms with Crippen molar-refractivity contribution in [2.45, 2.75) is 24.5 Å². The molecule has 4 rings (SSSR count). The molecule has 0 saturated carbocycles. The largest absolute Gasteiger partial charge is 0.486 e. The summed E-state index contributed by atoms with van der Waals surface area (Å²) < 4.78 is 25.1. The van der Waals surface area contributed by atoms with E-state index in [-0.39, 0.29) is 5.82 Å². The second kappa shape index (κ2) is 7.46. The Morgan fingerprint density at radius 3 is 2.48 bits per heavy atom. The predicted octanol–water partition coefficient (Wildman–Crippen LogP) is 2.61. The summed E-state index contributed by atoms with van der Waals surface area (Å²) >= 11 is 0. The number of aliphatic hydroxyl groups is 2. The molecular weight excluding hydrogens is 349 g/mol. The number of benzene rings is 2. The van der Waals surface area contributed by atoms with E-state index < -0.39 is 11.7 Å². The molecule has 6 heteroatoms. The van der Waals surface area contributed by atoms with Gasteiger partial charge in [0, 0.05) is 25.2 Å². The molecule has 1 unspecified atom stereocenters. The monoisotopic (exact) mass is 373 g/mol. The highest BCUT2D eigenvalue weighted by Crippen LogP contribution is 2.36. The molecule has 144 valence electrons. The Morgan fingerprint density at radius 1 is 1.04 bits per heavy atom. The van der Waals surface area contributed by atoms with Gasteiger partial charge in [0.05, 0.1) is 11.7 Å². The SMILES string of the molecule is OC(CN1CCC(O)(c2ccccc2F)CC1)c1ccc2c(c1)OCCO2. The minimum absolute atomic E-state index is 0.358. The van der Waals surface area contributed by atoms with Crippen LogP contribution in [0.2, 0.25) is 0 Å². The van der Waals surface area contributed by atoms with Crippen LogP contribution in [0.25, 0.3) is 0 Å². The molecule has 2 aromatic carbocycles. The lowest BCUT2D eigenvalue weighted by atomic mass is 9.84. The first-order valence-electron chi connectivity index (χ1n) is 9.32. The molecular formula is C21H24FNO4. The van der Waals surface area contributed by atoms with Crippen molar-refractivity contribution in [3.05, 3.63) is 59.4 Å². The molecule has 0 bridgehead atoms. The van der Waals surface area contributed by atoms with Gasteiger partial charge in [-0.05, 0) is 36.6 Å². The van der Waals surface area contributed by atoms with Gasteiger partial charge in [-0.3, -0.25) is 0 Å². The van der Waals surface area contributed by atoms with Crippen LogP contribution in [0.5, 0.6) is 11.5 Å². The Bertz CT molecular complexity index is 805. The van der Waals surface area contributed by atoms with E-state index in [0.29, 0.717) is 62.8 Å². The Morgan fingerprint density at radius 2 is 1.74 bits per heavy atom. The zero-order valence-electron chi connectivity index (χ0n) is 15.1. The van der Waals surface area contributed by atoms with Crippen LogP contribution in [0.4, 0.5) is 4.39 Å². The Hall–Kier alpha value is -2.15. The number of halogens is 1. The molecule has 5 nitrogen and oxygen atoms in total. The molecule has 2 aliphatic rings. The maximum absolute atomic E-state index is 14.1. The van der Waals surface area contributed by atoms with Gasteiger partial charge in [-0.2, -0.15) is 0 Å². The normalized spacial score (nSPS) is 20.3. The van der Waals surface area contributed by atoms with Crippen molar-refractivity contribution < 1.29 is 24.1 Å². The maximum Gasteiger partial charge on any atom is 0.161 e. The van der Waals surface area contributed by atoms with Crippen molar-refractivity contribution in [1.29, 1.82) is 0 Å². The molecule has 0 radical (unpaired) electrons. The summed E-state index contributed by atoms with van der Waals surface area (Å²) in [6.45, 7) is 2.67. The summed E-state index contributed by atoms with van der Waals surface area (Å²) in [6.07, 6.45) is 0.198. The predicted molar refractivity (Wildman–Crippen MR) is 98.4 cm³/mol. The molecule has 2 aliphatic heterocycles. The lowest BCUT2D eigenvalue weighted by molar-refractivity contribution is -0.0367. The number of aliphatic hydroxyl groups excluding tert-OH is 1. The number of hydrogen-bond acceptors (Lipinski definition) is 5. The Kier molecular flexibility index (Phi) is 5.04. The number of hydrogen-bond donors (Lipinski definition) is 2. The van der Waals surface area contributed by atoms with Crippen LogP contribution >= 0.6 is 0 Å². The highest BCUT2D eigenvalue weighted by Gasteiger charge is 2.36. The lowest BCUT2D eigenvalue weighted by Gasteiger charge is -2.39. The molecule has 2 N–H and O–H groups in total. The van der Waals surface area contributed by atoms with Gasteiger partial charge < -0.3 is 24.6 Å². The average Bonchev–Trinajstić information content (AvgIpc) is 2.69. The third-order valence-electron chi connectivity index (χ3n) is 5.44. The lowest BCUT2D eigenvalue weighted by Crippen LogP contribution is -2.44. The van der Waals surface area contributed by atoms with E-state index >= 15 is 0 Å². The molecule has 0 amide bonds. The van der Waals surface area contributed by atoms with E-state index in [4.69, 9.17) is 9.47 Å². The first-order valence-corrected chi connectivity index (χ1v) is 9.32. The van der Waals surface area contributed by atoms with Gasteiger partial charge in [0.15, 0.2) is 11.5 Å². The van der Waals surface area contributed by atoms with Crippen LogP contribution in [0, 0.1) is 5.82 Å². The second-order valence-corrected chi connectivity index (χ2v) is 7.23. The van der Waals surface area contributed by atoms with Gasteiger partial charge in [-0.25, -0.2) is 4.39 Å². The van der Waals surface area contributed by atoms with Crippen molar-refractivity contribution in [2.24, 2.45) is 0 Å². The summed E-state index contributed by atoms with van der Waals surface area (Å²) in [6, 6.07) is 11.9. The van der Waals surface area contributed by atoms with E-state index in [9.17, 15) is 14.6 Å². The van der Waals surface area contributed by atoms with Crippen LogP contribution in [-0.2, 0) is 5.60 Å². The first kappa shape index (κ1) is 18.2. The van der Waals surface area contributed by atoms with Crippen LogP contribution in [0.3, 0.4) is 0 Å². The number of β-amino-alcohol motifs (C(OH)–C–C–N with tert-alkyl or cyclic N) is 1. The standard InChI is InChI=1S/C21H24FNO4/c22-17-4-2-1-3-16(17)21(25)7-9-23(10-8-21)14-18(24)15-5-6-19-20(13-15)27-12-11-26-19/h1-6,13,18,24-25H,7-12,14H2. The van der Waals surface area contributed by atoms with Crippen molar-refractivity contribution in [2.75, 3.05) is 32.8 Å². The van der Waals surface area contributed by atoms with Crippen molar-refractivity contribution in [3.63, 3.8) is 0 Å². The van der Waals surface area contributed by atoms with Crippen molar-refractivity contribution in [3.8, 4) is 11.5 Å². The number of ether oxygens (including phenoxy) is 2. The quantitative estimate of drug-likeness (QED) is 0.863. The van der Waals surface area contributed by atoms with Crippen LogP contribution in [0.15, 0.2) is 42.5 Å². The summed E-state index contributed by atoms with van der Waals surface area (Å²) in [5, 5.41) is 21.5. The number of nitrogens with zero attached hydrogens (tertiary/aromatic N) is 1. The molecule has 1 fully saturated rings. The van der Waals surface area contributed by atoms with Crippen LogP contribution < -0.4 is 9.47 Å². The first-order chi connectivity index (χ1) is 13.0.